The molecule has 0 aliphatic heterocycles. The third-order valence-corrected chi connectivity index (χ3v) is 3.19. The standard InChI is InChI=1S/C13H12ClN3O2/c14-12-7-15-11(6-16-12)13(18)17(9-3-4-9)8-10-2-1-5-19-10/h1-2,5-7,9H,3-4,8H2. The zero-order valence-electron chi connectivity index (χ0n) is 10.1. The van der Waals surface area contributed by atoms with Crippen molar-refractivity contribution in [2.75, 3.05) is 0 Å². The lowest BCUT2D eigenvalue weighted by Gasteiger charge is -2.20. The molecular weight excluding hydrogens is 266 g/mol. The Kier molecular flexibility index (Phi) is 3.21. The highest BCUT2D eigenvalue weighted by molar-refractivity contribution is 6.29. The van der Waals surface area contributed by atoms with Gasteiger partial charge in [-0.05, 0) is 25.0 Å². The minimum Gasteiger partial charge on any atom is -0.467 e. The molecule has 0 spiro atoms. The van der Waals surface area contributed by atoms with Crippen LogP contribution in [0.5, 0.6) is 0 Å². The van der Waals surface area contributed by atoms with E-state index in [-0.39, 0.29) is 17.1 Å². The van der Waals surface area contributed by atoms with Gasteiger partial charge < -0.3 is 9.32 Å². The van der Waals surface area contributed by atoms with Crippen molar-refractivity contribution in [1.82, 2.24) is 14.9 Å². The number of aromatic nitrogens is 2. The smallest absolute Gasteiger partial charge is 0.274 e. The molecular formula is C13H12ClN3O2. The number of rotatable bonds is 4. The highest BCUT2D eigenvalue weighted by Gasteiger charge is 2.34. The van der Waals surface area contributed by atoms with Crippen LogP contribution in [0.2, 0.25) is 5.15 Å². The molecule has 3 rings (SSSR count). The molecule has 0 aromatic carbocycles. The molecule has 98 valence electrons. The average Bonchev–Trinajstić information content (AvgIpc) is 3.13. The molecule has 2 aromatic rings. The number of nitrogens with zero attached hydrogens (tertiary/aromatic N) is 3. The minimum atomic E-state index is -0.136. The summed E-state index contributed by atoms with van der Waals surface area (Å²) in [5, 5.41) is 0.278. The van der Waals surface area contributed by atoms with Gasteiger partial charge in [-0.2, -0.15) is 0 Å². The highest BCUT2D eigenvalue weighted by Crippen LogP contribution is 2.29. The van der Waals surface area contributed by atoms with E-state index in [9.17, 15) is 4.79 Å². The van der Waals surface area contributed by atoms with Gasteiger partial charge in [-0.15, -0.1) is 0 Å². The van der Waals surface area contributed by atoms with E-state index in [1.165, 1.54) is 12.4 Å². The van der Waals surface area contributed by atoms with Gasteiger partial charge in [0.25, 0.3) is 5.91 Å². The van der Waals surface area contributed by atoms with Crippen molar-refractivity contribution in [2.45, 2.75) is 25.4 Å². The van der Waals surface area contributed by atoms with Gasteiger partial charge in [0.05, 0.1) is 25.2 Å². The normalized spacial score (nSPS) is 14.4. The Morgan fingerprint density at radius 1 is 1.42 bits per heavy atom. The van der Waals surface area contributed by atoms with Crippen molar-refractivity contribution >= 4 is 17.5 Å². The second-order valence-corrected chi connectivity index (χ2v) is 4.86. The summed E-state index contributed by atoms with van der Waals surface area (Å²) < 4.78 is 5.30. The summed E-state index contributed by atoms with van der Waals surface area (Å²) in [4.78, 5) is 22.1. The lowest BCUT2D eigenvalue weighted by molar-refractivity contribution is 0.0711. The Labute approximate surface area is 115 Å². The third-order valence-electron chi connectivity index (χ3n) is 2.99. The number of halogens is 1. The van der Waals surface area contributed by atoms with Crippen molar-refractivity contribution in [1.29, 1.82) is 0 Å². The second kappa shape index (κ2) is 5.01. The molecule has 0 atom stereocenters. The number of furan rings is 1. The van der Waals surface area contributed by atoms with Crippen molar-refractivity contribution in [3.63, 3.8) is 0 Å². The molecule has 0 saturated heterocycles. The quantitative estimate of drug-likeness (QED) is 0.862. The van der Waals surface area contributed by atoms with Crippen molar-refractivity contribution in [2.24, 2.45) is 0 Å². The molecule has 5 nitrogen and oxygen atoms in total. The molecule has 2 aromatic heterocycles. The number of carbonyl (C=O) groups is 1. The summed E-state index contributed by atoms with van der Waals surface area (Å²) in [6, 6.07) is 3.94. The highest BCUT2D eigenvalue weighted by atomic mass is 35.5. The van der Waals surface area contributed by atoms with Crippen molar-refractivity contribution in [3.8, 4) is 0 Å². The van der Waals surface area contributed by atoms with Gasteiger partial charge in [0.2, 0.25) is 0 Å². The van der Waals surface area contributed by atoms with Gasteiger partial charge in [-0.25, -0.2) is 9.97 Å². The topological polar surface area (TPSA) is 59.2 Å². The van der Waals surface area contributed by atoms with Gasteiger partial charge in [0.1, 0.15) is 16.6 Å². The lowest BCUT2D eigenvalue weighted by Crippen LogP contribution is -2.33. The van der Waals surface area contributed by atoms with E-state index in [1.54, 1.807) is 11.2 Å². The van der Waals surface area contributed by atoms with Crippen LogP contribution in [0.1, 0.15) is 29.1 Å². The van der Waals surface area contributed by atoms with Gasteiger partial charge in [0.15, 0.2) is 0 Å². The molecule has 0 radical (unpaired) electrons. The third kappa shape index (κ3) is 2.76. The van der Waals surface area contributed by atoms with Crippen LogP contribution in [0, 0.1) is 0 Å². The molecule has 19 heavy (non-hydrogen) atoms. The summed E-state index contributed by atoms with van der Waals surface area (Å²) in [5.41, 5.74) is 0.308. The van der Waals surface area contributed by atoms with Crippen LogP contribution >= 0.6 is 11.6 Å². The van der Waals surface area contributed by atoms with E-state index in [0.29, 0.717) is 12.2 Å². The lowest BCUT2D eigenvalue weighted by atomic mass is 10.3. The maximum atomic E-state index is 12.4. The van der Waals surface area contributed by atoms with Crippen molar-refractivity contribution < 1.29 is 9.21 Å². The number of amides is 1. The summed E-state index contributed by atoms with van der Waals surface area (Å²) in [6.45, 7) is 0.459. The van der Waals surface area contributed by atoms with E-state index in [1.807, 2.05) is 12.1 Å². The van der Waals surface area contributed by atoms with Gasteiger partial charge in [-0.1, -0.05) is 11.6 Å². The first-order valence-electron chi connectivity index (χ1n) is 6.05. The monoisotopic (exact) mass is 277 g/mol. The Balaban J connectivity index is 1.79. The largest absolute Gasteiger partial charge is 0.467 e. The Morgan fingerprint density at radius 3 is 2.84 bits per heavy atom. The van der Waals surface area contributed by atoms with Crippen LogP contribution in [0.25, 0.3) is 0 Å². The maximum absolute atomic E-state index is 12.4. The van der Waals surface area contributed by atoms with E-state index >= 15 is 0 Å². The molecule has 0 N–H and O–H groups in total. The van der Waals surface area contributed by atoms with Crippen LogP contribution in [-0.4, -0.2) is 26.8 Å². The Hall–Kier alpha value is -1.88. The maximum Gasteiger partial charge on any atom is 0.274 e. The van der Waals surface area contributed by atoms with E-state index in [2.05, 4.69) is 9.97 Å². The summed E-state index contributed by atoms with van der Waals surface area (Å²) in [6.07, 6.45) is 6.43. The fourth-order valence-corrected chi connectivity index (χ4v) is 1.99. The Bertz CT molecular complexity index is 564. The van der Waals surface area contributed by atoms with Gasteiger partial charge in [0, 0.05) is 6.04 Å². The molecule has 1 fully saturated rings. The molecule has 6 heteroatoms. The van der Waals surface area contributed by atoms with Crippen LogP contribution < -0.4 is 0 Å². The van der Waals surface area contributed by atoms with Crippen LogP contribution in [-0.2, 0) is 6.54 Å². The molecule has 1 aliphatic rings. The second-order valence-electron chi connectivity index (χ2n) is 4.47. The molecule has 0 unspecified atom stereocenters. The zero-order valence-corrected chi connectivity index (χ0v) is 10.9. The Morgan fingerprint density at radius 2 is 2.26 bits per heavy atom. The van der Waals surface area contributed by atoms with Crippen LogP contribution in [0.3, 0.4) is 0 Å². The molecule has 1 saturated carbocycles. The first-order valence-corrected chi connectivity index (χ1v) is 6.43. The van der Waals surface area contributed by atoms with E-state index < -0.39 is 0 Å². The van der Waals surface area contributed by atoms with Crippen molar-refractivity contribution in [3.05, 3.63) is 47.4 Å². The fraction of sp³-hybridized carbons (Fsp3) is 0.308. The number of carbonyl (C=O) groups excluding carboxylic acids is 1. The molecule has 2 heterocycles. The molecule has 1 aliphatic carbocycles. The molecule has 0 bridgehead atoms. The minimum absolute atomic E-state index is 0.136. The zero-order chi connectivity index (χ0) is 13.2. The average molecular weight is 278 g/mol. The molecule has 1 amide bonds. The van der Waals surface area contributed by atoms with E-state index in [4.69, 9.17) is 16.0 Å². The number of hydrogen-bond donors (Lipinski definition) is 0. The summed E-state index contributed by atoms with van der Waals surface area (Å²) >= 11 is 5.67. The van der Waals surface area contributed by atoms with Crippen LogP contribution in [0.4, 0.5) is 0 Å². The predicted molar refractivity (Wildman–Crippen MR) is 68.6 cm³/mol. The SMILES string of the molecule is O=C(c1cnc(Cl)cn1)N(Cc1ccco1)C1CC1. The summed E-state index contributed by atoms with van der Waals surface area (Å²) in [5.74, 6) is 0.630. The fourth-order valence-electron chi connectivity index (χ4n) is 1.89. The first kappa shape index (κ1) is 12.2. The predicted octanol–water partition coefficient (Wildman–Crippen LogP) is 2.53. The van der Waals surface area contributed by atoms with E-state index in [0.717, 1.165) is 18.6 Å². The van der Waals surface area contributed by atoms with Gasteiger partial charge >= 0.3 is 0 Å². The number of hydrogen-bond acceptors (Lipinski definition) is 4. The summed E-state index contributed by atoms with van der Waals surface area (Å²) in [7, 11) is 0. The van der Waals surface area contributed by atoms with Gasteiger partial charge in [-0.3, -0.25) is 4.79 Å². The first-order chi connectivity index (χ1) is 9.24. The van der Waals surface area contributed by atoms with Crippen LogP contribution in [0.15, 0.2) is 35.2 Å².